The highest BCUT2D eigenvalue weighted by atomic mass is 32.2. The third-order valence-electron chi connectivity index (χ3n) is 5.10. The van der Waals surface area contributed by atoms with Crippen LogP contribution >= 0.6 is 20.4 Å². The third-order valence-corrected chi connectivity index (χ3v) is 6.85. The van der Waals surface area contributed by atoms with Crippen molar-refractivity contribution in [1.82, 2.24) is 4.98 Å². The summed E-state index contributed by atoms with van der Waals surface area (Å²) in [4.78, 5) is 37.0. The van der Waals surface area contributed by atoms with Crippen molar-refractivity contribution in [3.8, 4) is 12.1 Å². The standard InChI is InChI=1S/C21H22N5O4PS/c1-2-15-16(10-22)20(26-9-8-14(12-26)30-31(28)29)25-21(17(15)11-23)32-18(19(24)27)13-6-4-3-5-7-13/h3-7,14,18,28-29H,2,8-9,12H2,1H3,(H2,24,27)/t14?,18-/m1/s1. The summed E-state index contributed by atoms with van der Waals surface area (Å²) in [6.07, 6.45) is 0.544. The van der Waals surface area contributed by atoms with Crippen LogP contribution in [0, 0.1) is 22.7 Å². The summed E-state index contributed by atoms with van der Waals surface area (Å²) in [6, 6.07) is 13.3. The fraction of sp³-hybridized carbons (Fsp3) is 0.333. The Kier molecular flexibility index (Phi) is 8.03. The van der Waals surface area contributed by atoms with Crippen LogP contribution in [0.3, 0.4) is 0 Å². The average Bonchev–Trinajstić information content (AvgIpc) is 3.24. The topological polar surface area (TPSA) is 156 Å². The summed E-state index contributed by atoms with van der Waals surface area (Å²) >= 11 is 1.08. The molecule has 2 aromatic rings. The van der Waals surface area contributed by atoms with E-state index in [1.165, 1.54) is 0 Å². The summed E-state index contributed by atoms with van der Waals surface area (Å²) in [5.41, 5.74) is 7.45. The van der Waals surface area contributed by atoms with E-state index in [1.807, 2.05) is 17.9 Å². The summed E-state index contributed by atoms with van der Waals surface area (Å²) < 4.78 is 5.13. The molecule has 1 amide bonds. The molecule has 1 fully saturated rings. The Morgan fingerprint density at radius 3 is 2.59 bits per heavy atom. The van der Waals surface area contributed by atoms with Crippen molar-refractivity contribution < 1.29 is 19.1 Å². The van der Waals surface area contributed by atoms with Crippen LogP contribution in [-0.2, 0) is 15.7 Å². The molecule has 1 aromatic carbocycles. The number of rotatable bonds is 8. The number of anilines is 1. The smallest absolute Gasteiger partial charge is 0.327 e. The number of hydrogen-bond donors (Lipinski definition) is 3. The zero-order chi connectivity index (χ0) is 23.3. The maximum Gasteiger partial charge on any atom is 0.327 e. The molecule has 0 spiro atoms. The largest absolute Gasteiger partial charge is 0.368 e. The van der Waals surface area contributed by atoms with E-state index in [-0.39, 0.29) is 5.56 Å². The summed E-state index contributed by atoms with van der Waals surface area (Å²) in [6.45, 7) is 2.66. The molecule has 1 aromatic heterocycles. The zero-order valence-electron chi connectivity index (χ0n) is 17.3. The number of carbonyl (C=O) groups excluding carboxylic acids is 1. The number of carbonyl (C=O) groups is 1. The molecule has 0 aliphatic carbocycles. The van der Waals surface area contributed by atoms with Gasteiger partial charge in [0.2, 0.25) is 5.91 Å². The van der Waals surface area contributed by atoms with E-state index in [2.05, 4.69) is 17.1 Å². The van der Waals surface area contributed by atoms with Crippen molar-refractivity contribution in [1.29, 1.82) is 10.5 Å². The van der Waals surface area contributed by atoms with Gasteiger partial charge in [-0.05, 0) is 24.0 Å². The Balaban J connectivity index is 2.06. The van der Waals surface area contributed by atoms with Gasteiger partial charge in [-0.3, -0.25) is 4.79 Å². The quantitative estimate of drug-likeness (QED) is 0.389. The number of primary amides is 1. The van der Waals surface area contributed by atoms with E-state index in [4.69, 9.17) is 20.0 Å². The predicted molar refractivity (Wildman–Crippen MR) is 120 cm³/mol. The molecule has 2 atom stereocenters. The second-order valence-corrected chi connectivity index (χ2v) is 8.88. The fourth-order valence-electron chi connectivity index (χ4n) is 3.67. The van der Waals surface area contributed by atoms with Crippen LogP contribution in [0.2, 0.25) is 0 Å². The van der Waals surface area contributed by atoms with Crippen molar-refractivity contribution >= 4 is 32.1 Å². The van der Waals surface area contributed by atoms with Gasteiger partial charge in [0.15, 0.2) is 0 Å². The van der Waals surface area contributed by atoms with Crippen LogP contribution in [0.15, 0.2) is 35.4 Å². The van der Waals surface area contributed by atoms with Gasteiger partial charge < -0.3 is 24.9 Å². The molecule has 1 aliphatic rings. The molecule has 32 heavy (non-hydrogen) atoms. The minimum Gasteiger partial charge on any atom is -0.368 e. The van der Waals surface area contributed by atoms with E-state index in [0.29, 0.717) is 53.5 Å². The lowest BCUT2D eigenvalue weighted by atomic mass is 10.0. The Bertz CT molecular complexity index is 1070. The van der Waals surface area contributed by atoms with Gasteiger partial charge in [0.05, 0.1) is 17.2 Å². The minimum atomic E-state index is -2.49. The van der Waals surface area contributed by atoms with Gasteiger partial charge in [0.25, 0.3) is 0 Å². The van der Waals surface area contributed by atoms with E-state index in [0.717, 1.165) is 11.8 Å². The van der Waals surface area contributed by atoms with Crippen LogP contribution in [0.1, 0.15) is 40.8 Å². The van der Waals surface area contributed by atoms with Gasteiger partial charge in [0.1, 0.15) is 28.2 Å². The van der Waals surface area contributed by atoms with Crippen LogP contribution in [0.25, 0.3) is 0 Å². The molecule has 4 N–H and O–H groups in total. The van der Waals surface area contributed by atoms with E-state index < -0.39 is 25.9 Å². The van der Waals surface area contributed by atoms with Crippen molar-refractivity contribution in [2.45, 2.75) is 36.1 Å². The van der Waals surface area contributed by atoms with Crippen molar-refractivity contribution in [2.75, 3.05) is 18.0 Å². The normalized spacial score (nSPS) is 16.6. The van der Waals surface area contributed by atoms with Crippen LogP contribution in [0.5, 0.6) is 0 Å². The molecular formula is C21H22N5O4PS. The van der Waals surface area contributed by atoms with Crippen molar-refractivity contribution in [2.24, 2.45) is 5.73 Å². The first-order valence-electron chi connectivity index (χ1n) is 9.87. The second kappa shape index (κ2) is 10.7. The lowest BCUT2D eigenvalue weighted by Gasteiger charge is -2.23. The molecule has 2 heterocycles. The molecule has 1 saturated heterocycles. The number of nitrogens with two attached hydrogens (primary N) is 1. The average molecular weight is 471 g/mol. The number of amides is 1. The molecule has 166 valence electrons. The van der Waals surface area contributed by atoms with E-state index in [1.54, 1.807) is 24.3 Å². The van der Waals surface area contributed by atoms with Crippen molar-refractivity contribution in [3.63, 3.8) is 0 Å². The lowest BCUT2D eigenvalue weighted by molar-refractivity contribution is -0.117. The Hall–Kier alpha value is -2.72. The summed E-state index contributed by atoms with van der Waals surface area (Å²) in [7, 11) is -2.49. The van der Waals surface area contributed by atoms with Gasteiger partial charge in [-0.25, -0.2) is 4.98 Å². The summed E-state index contributed by atoms with van der Waals surface area (Å²) in [5, 5.41) is 19.3. The van der Waals surface area contributed by atoms with Crippen LogP contribution < -0.4 is 10.6 Å². The Morgan fingerprint density at radius 1 is 1.34 bits per heavy atom. The Morgan fingerprint density at radius 2 is 2.03 bits per heavy atom. The number of thioether (sulfide) groups is 1. The summed E-state index contributed by atoms with van der Waals surface area (Å²) in [5.74, 6) is -0.182. The maximum atomic E-state index is 12.2. The van der Waals surface area contributed by atoms with Gasteiger partial charge in [-0.2, -0.15) is 10.5 Å². The second-order valence-electron chi connectivity index (χ2n) is 7.07. The number of nitrogens with zero attached hydrogens (tertiary/aromatic N) is 4. The zero-order valence-corrected chi connectivity index (χ0v) is 19.0. The van der Waals surface area contributed by atoms with Gasteiger partial charge >= 0.3 is 8.60 Å². The molecule has 3 rings (SSSR count). The molecule has 1 unspecified atom stereocenters. The predicted octanol–water partition coefficient (Wildman–Crippen LogP) is 2.51. The molecule has 0 radical (unpaired) electrons. The molecular weight excluding hydrogens is 449 g/mol. The highest BCUT2D eigenvalue weighted by Gasteiger charge is 2.31. The van der Waals surface area contributed by atoms with Crippen LogP contribution in [-0.4, -0.2) is 39.9 Å². The SMILES string of the molecule is CCc1c(C#N)c(S[C@@H](C(N)=O)c2ccccc2)nc(N2CCC(OP(O)O)C2)c1C#N. The molecule has 9 nitrogen and oxygen atoms in total. The Labute approximate surface area is 191 Å². The van der Waals surface area contributed by atoms with E-state index >= 15 is 0 Å². The monoisotopic (exact) mass is 471 g/mol. The minimum absolute atomic E-state index is 0.251. The molecule has 0 bridgehead atoms. The maximum absolute atomic E-state index is 12.2. The third kappa shape index (κ3) is 5.18. The highest BCUT2D eigenvalue weighted by molar-refractivity contribution is 8.00. The molecule has 11 heteroatoms. The van der Waals surface area contributed by atoms with Gasteiger partial charge in [0, 0.05) is 13.1 Å². The number of pyridine rings is 1. The first-order valence-corrected chi connectivity index (χ1v) is 11.9. The molecule has 1 aliphatic heterocycles. The number of nitriles is 2. The fourth-order valence-corrected chi connectivity index (χ4v) is 5.16. The first kappa shape index (κ1) is 23.9. The van der Waals surface area contributed by atoms with Gasteiger partial charge in [-0.1, -0.05) is 49.0 Å². The van der Waals surface area contributed by atoms with Crippen molar-refractivity contribution in [3.05, 3.63) is 52.6 Å². The number of hydrogen-bond acceptors (Lipinski definition) is 9. The van der Waals surface area contributed by atoms with E-state index in [9.17, 15) is 15.3 Å². The lowest BCUT2D eigenvalue weighted by Crippen LogP contribution is -2.25. The highest BCUT2D eigenvalue weighted by Crippen LogP contribution is 2.40. The number of aromatic nitrogens is 1. The van der Waals surface area contributed by atoms with Gasteiger partial charge in [-0.15, -0.1) is 0 Å². The first-order chi connectivity index (χ1) is 15.4. The molecule has 0 saturated carbocycles. The number of benzene rings is 1. The van der Waals surface area contributed by atoms with Crippen LogP contribution in [0.4, 0.5) is 5.82 Å².